The van der Waals surface area contributed by atoms with Gasteiger partial charge in [-0.1, -0.05) is 18.2 Å². The van der Waals surface area contributed by atoms with Gasteiger partial charge in [0.15, 0.2) is 0 Å². The number of rotatable bonds is 3. The average Bonchev–Trinajstić information content (AvgIpc) is 2.68. The van der Waals surface area contributed by atoms with Crippen LogP contribution in [0.15, 0.2) is 54.6 Å². The lowest BCUT2D eigenvalue weighted by Gasteiger charge is -2.31. The van der Waals surface area contributed by atoms with Gasteiger partial charge in [-0.05, 0) is 49.2 Å². The number of carbonyl (C=O) groups excluding carboxylic acids is 2. The van der Waals surface area contributed by atoms with Crippen molar-refractivity contribution in [1.29, 1.82) is 5.26 Å². The lowest BCUT2D eigenvalue weighted by molar-refractivity contribution is -0.121. The Morgan fingerprint density at radius 3 is 2.24 bits per heavy atom. The van der Waals surface area contributed by atoms with Crippen LogP contribution < -0.4 is 5.32 Å². The highest BCUT2D eigenvalue weighted by Gasteiger charge is 2.27. The first kappa shape index (κ1) is 16.7. The molecule has 2 aromatic carbocycles. The van der Waals surface area contributed by atoms with Crippen LogP contribution in [0.25, 0.3) is 0 Å². The Morgan fingerprint density at radius 1 is 1.00 bits per heavy atom. The molecule has 1 aliphatic heterocycles. The number of anilines is 1. The third kappa shape index (κ3) is 4.04. The van der Waals surface area contributed by atoms with E-state index in [0.717, 1.165) is 5.69 Å². The van der Waals surface area contributed by atoms with E-state index in [1.54, 1.807) is 29.2 Å². The lowest BCUT2D eigenvalue weighted by Crippen LogP contribution is -2.41. The number of nitrogens with zero attached hydrogens (tertiary/aromatic N) is 2. The van der Waals surface area contributed by atoms with Crippen molar-refractivity contribution in [2.24, 2.45) is 5.92 Å². The molecule has 1 N–H and O–H groups in total. The van der Waals surface area contributed by atoms with Crippen molar-refractivity contribution in [2.75, 3.05) is 18.4 Å². The van der Waals surface area contributed by atoms with E-state index in [-0.39, 0.29) is 17.7 Å². The normalized spacial score (nSPS) is 14.6. The van der Waals surface area contributed by atoms with Crippen LogP contribution >= 0.6 is 0 Å². The minimum Gasteiger partial charge on any atom is -0.339 e. The maximum absolute atomic E-state index is 12.5. The molecule has 5 heteroatoms. The number of piperidine rings is 1. The smallest absolute Gasteiger partial charge is 0.253 e. The summed E-state index contributed by atoms with van der Waals surface area (Å²) in [7, 11) is 0. The number of likely N-dealkylation sites (tertiary alicyclic amines) is 1. The van der Waals surface area contributed by atoms with Crippen LogP contribution in [-0.2, 0) is 4.79 Å². The summed E-state index contributed by atoms with van der Waals surface area (Å²) >= 11 is 0. The second kappa shape index (κ2) is 7.63. The van der Waals surface area contributed by atoms with Gasteiger partial charge >= 0.3 is 0 Å². The number of benzene rings is 2. The molecule has 0 atom stereocenters. The molecule has 1 heterocycles. The standard InChI is InChI=1S/C20H19N3O2/c21-14-15-6-8-17(9-7-15)20(25)23-12-10-16(11-13-23)19(24)22-18-4-2-1-3-5-18/h1-9,16H,10-13H2,(H,22,24). The number of nitriles is 1. The van der Waals surface area contributed by atoms with Gasteiger partial charge in [0.25, 0.3) is 5.91 Å². The van der Waals surface area contributed by atoms with Crippen LogP contribution in [0.5, 0.6) is 0 Å². The topological polar surface area (TPSA) is 73.2 Å². The van der Waals surface area contributed by atoms with Crippen molar-refractivity contribution < 1.29 is 9.59 Å². The summed E-state index contributed by atoms with van der Waals surface area (Å²) in [5.41, 5.74) is 1.91. The van der Waals surface area contributed by atoms with E-state index in [2.05, 4.69) is 5.32 Å². The van der Waals surface area contributed by atoms with E-state index in [1.165, 1.54) is 0 Å². The molecule has 0 saturated carbocycles. The molecular formula is C20H19N3O2. The van der Waals surface area contributed by atoms with E-state index in [0.29, 0.717) is 37.1 Å². The van der Waals surface area contributed by atoms with Crippen molar-refractivity contribution in [1.82, 2.24) is 4.90 Å². The predicted molar refractivity (Wildman–Crippen MR) is 94.9 cm³/mol. The lowest BCUT2D eigenvalue weighted by atomic mass is 9.95. The first-order valence-electron chi connectivity index (χ1n) is 8.33. The van der Waals surface area contributed by atoms with E-state index >= 15 is 0 Å². The van der Waals surface area contributed by atoms with Gasteiger partial charge in [-0.3, -0.25) is 9.59 Å². The Hall–Kier alpha value is -3.13. The number of hydrogen-bond acceptors (Lipinski definition) is 3. The van der Waals surface area contributed by atoms with Crippen LogP contribution in [0.4, 0.5) is 5.69 Å². The fourth-order valence-electron chi connectivity index (χ4n) is 2.98. The van der Waals surface area contributed by atoms with Crippen molar-refractivity contribution in [3.63, 3.8) is 0 Å². The van der Waals surface area contributed by atoms with Gasteiger partial charge in [-0.25, -0.2) is 0 Å². The molecule has 126 valence electrons. The van der Waals surface area contributed by atoms with E-state index < -0.39 is 0 Å². The van der Waals surface area contributed by atoms with Gasteiger partial charge in [0, 0.05) is 30.3 Å². The molecule has 0 unspecified atom stereocenters. The van der Waals surface area contributed by atoms with Crippen LogP contribution in [0.3, 0.4) is 0 Å². The first-order valence-corrected chi connectivity index (χ1v) is 8.33. The quantitative estimate of drug-likeness (QED) is 0.938. The molecule has 2 amide bonds. The zero-order valence-corrected chi connectivity index (χ0v) is 13.8. The third-order valence-electron chi connectivity index (χ3n) is 4.46. The van der Waals surface area contributed by atoms with Gasteiger partial charge in [0.2, 0.25) is 5.91 Å². The van der Waals surface area contributed by atoms with Crippen molar-refractivity contribution in [2.45, 2.75) is 12.8 Å². The Bertz CT molecular complexity index is 786. The van der Waals surface area contributed by atoms with Crippen LogP contribution in [0.1, 0.15) is 28.8 Å². The van der Waals surface area contributed by atoms with Gasteiger partial charge < -0.3 is 10.2 Å². The summed E-state index contributed by atoms with van der Waals surface area (Å²) in [6.45, 7) is 1.12. The van der Waals surface area contributed by atoms with Gasteiger partial charge in [-0.2, -0.15) is 5.26 Å². The molecule has 0 spiro atoms. The number of nitrogens with one attached hydrogen (secondary N) is 1. The predicted octanol–water partition coefficient (Wildman–Crippen LogP) is 3.05. The molecule has 3 rings (SSSR count). The largest absolute Gasteiger partial charge is 0.339 e. The zero-order chi connectivity index (χ0) is 17.6. The fourth-order valence-corrected chi connectivity index (χ4v) is 2.98. The number of carbonyl (C=O) groups is 2. The van der Waals surface area contributed by atoms with E-state index in [9.17, 15) is 9.59 Å². The summed E-state index contributed by atoms with van der Waals surface area (Å²) in [4.78, 5) is 26.6. The summed E-state index contributed by atoms with van der Waals surface area (Å²) < 4.78 is 0. The Morgan fingerprint density at radius 2 is 1.64 bits per heavy atom. The molecule has 1 aliphatic rings. The highest BCUT2D eigenvalue weighted by atomic mass is 16.2. The maximum atomic E-state index is 12.5. The van der Waals surface area contributed by atoms with Crippen molar-refractivity contribution in [3.05, 3.63) is 65.7 Å². The molecule has 1 fully saturated rings. The number of amides is 2. The Balaban J connectivity index is 1.55. The van der Waals surface area contributed by atoms with E-state index in [1.807, 2.05) is 36.4 Å². The van der Waals surface area contributed by atoms with Crippen molar-refractivity contribution >= 4 is 17.5 Å². The summed E-state index contributed by atoms with van der Waals surface area (Å²) in [6.07, 6.45) is 1.31. The SMILES string of the molecule is N#Cc1ccc(C(=O)N2CCC(C(=O)Nc3ccccc3)CC2)cc1. The minimum atomic E-state index is -0.0785. The van der Waals surface area contributed by atoms with Crippen LogP contribution in [0, 0.1) is 17.2 Å². The number of hydrogen-bond donors (Lipinski definition) is 1. The monoisotopic (exact) mass is 333 g/mol. The molecule has 1 saturated heterocycles. The average molecular weight is 333 g/mol. The molecule has 0 aromatic heterocycles. The van der Waals surface area contributed by atoms with E-state index in [4.69, 9.17) is 5.26 Å². The highest BCUT2D eigenvalue weighted by Crippen LogP contribution is 2.21. The second-order valence-corrected chi connectivity index (χ2v) is 6.11. The summed E-state index contributed by atoms with van der Waals surface area (Å²) in [6, 6.07) is 18.1. The Labute approximate surface area is 146 Å². The fraction of sp³-hybridized carbons (Fsp3) is 0.250. The van der Waals surface area contributed by atoms with Crippen LogP contribution in [-0.4, -0.2) is 29.8 Å². The molecule has 0 bridgehead atoms. The second-order valence-electron chi connectivity index (χ2n) is 6.11. The van der Waals surface area contributed by atoms with Crippen molar-refractivity contribution in [3.8, 4) is 6.07 Å². The zero-order valence-electron chi connectivity index (χ0n) is 13.8. The summed E-state index contributed by atoms with van der Waals surface area (Å²) in [5, 5.41) is 11.7. The van der Waals surface area contributed by atoms with Gasteiger partial charge in [0.1, 0.15) is 0 Å². The first-order chi connectivity index (χ1) is 12.2. The molecule has 5 nitrogen and oxygen atoms in total. The third-order valence-corrected chi connectivity index (χ3v) is 4.46. The van der Waals surface area contributed by atoms with Crippen LogP contribution in [0.2, 0.25) is 0 Å². The maximum Gasteiger partial charge on any atom is 0.253 e. The van der Waals surface area contributed by atoms with Gasteiger partial charge in [0.05, 0.1) is 11.6 Å². The molecule has 25 heavy (non-hydrogen) atoms. The summed E-state index contributed by atoms with van der Waals surface area (Å²) in [5.74, 6) is -0.117. The Kier molecular flexibility index (Phi) is 5.10. The van der Waals surface area contributed by atoms with Gasteiger partial charge in [-0.15, -0.1) is 0 Å². The molecular weight excluding hydrogens is 314 g/mol. The molecule has 2 aromatic rings. The highest BCUT2D eigenvalue weighted by molar-refractivity contribution is 5.95. The number of para-hydroxylation sites is 1. The minimum absolute atomic E-state index is 0.0108. The molecule has 0 radical (unpaired) electrons. The molecule has 0 aliphatic carbocycles.